The average molecular weight is 383 g/mol. The third kappa shape index (κ3) is 3.09. The van der Waals surface area contributed by atoms with E-state index in [0.29, 0.717) is 0 Å². The summed E-state index contributed by atoms with van der Waals surface area (Å²) in [6.45, 7) is 2.78. The van der Waals surface area contributed by atoms with Gasteiger partial charge in [0.05, 0.1) is 11.6 Å². The molecule has 0 N–H and O–H groups in total. The van der Waals surface area contributed by atoms with Crippen molar-refractivity contribution in [3.05, 3.63) is 44.7 Å². The fraction of sp³-hybridized carbons (Fsp3) is 0.571. The third-order valence-electron chi connectivity index (χ3n) is 6.25. The summed E-state index contributed by atoms with van der Waals surface area (Å²) >= 11 is 1.77. The number of likely N-dealkylation sites (N-methyl/N-ethyl adjacent to an activating group) is 1. The molecule has 1 atom stereocenters. The minimum atomic E-state index is 0.0293. The lowest BCUT2D eigenvalue weighted by atomic mass is 9.95. The van der Waals surface area contributed by atoms with E-state index in [-0.39, 0.29) is 11.9 Å². The first-order valence-corrected chi connectivity index (χ1v) is 11.0. The van der Waals surface area contributed by atoms with Gasteiger partial charge in [-0.25, -0.2) is 9.97 Å². The zero-order chi connectivity index (χ0) is 18.4. The Balaban J connectivity index is 1.42. The monoisotopic (exact) mass is 382 g/mol. The predicted octanol–water partition coefficient (Wildman–Crippen LogP) is 3.38. The Morgan fingerprint density at radius 1 is 1.19 bits per heavy atom. The van der Waals surface area contributed by atoms with Crippen LogP contribution in [0.25, 0.3) is 0 Å². The van der Waals surface area contributed by atoms with Crippen molar-refractivity contribution in [2.24, 2.45) is 0 Å². The fourth-order valence-corrected chi connectivity index (χ4v) is 5.86. The van der Waals surface area contributed by atoms with Gasteiger partial charge >= 0.3 is 0 Å². The van der Waals surface area contributed by atoms with Crippen LogP contribution in [0.3, 0.4) is 0 Å². The van der Waals surface area contributed by atoms with Crippen LogP contribution in [0.1, 0.15) is 69.6 Å². The van der Waals surface area contributed by atoms with Crippen LogP contribution >= 0.6 is 11.3 Å². The van der Waals surface area contributed by atoms with E-state index in [1.165, 1.54) is 34.5 Å². The summed E-state index contributed by atoms with van der Waals surface area (Å²) < 4.78 is 0. The van der Waals surface area contributed by atoms with Crippen LogP contribution < -0.4 is 0 Å². The summed E-state index contributed by atoms with van der Waals surface area (Å²) in [5.41, 5.74) is 4.66. The van der Waals surface area contributed by atoms with Crippen LogP contribution in [0.5, 0.6) is 0 Å². The summed E-state index contributed by atoms with van der Waals surface area (Å²) in [5, 5.41) is 2.09. The van der Waals surface area contributed by atoms with Crippen LogP contribution in [0.2, 0.25) is 0 Å². The highest BCUT2D eigenvalue weighted by Crippen LogP contribution is 2.36. The molecule has 2 aliphatic heterocycles. The lowest BCUT2D eigenvalue weighted by molar-refractivity contribution is 0.0728. The summed E-state index contributed by atoms with van der Waals surface area (Å²) in [4.78, 5) is 28.7. The first kappa shape index (κ1) is 17.3. The standard InChI is InChI=1S/C21H26N4OS/c1-24-10-8-17-14(12-24)11-22-20(23-17)18-6-4-9-25(18)21(26)16-13-27-19-7-3-2-5-15(16)19/h11,13,18H,2-10,12H2,1H3/t18-/m1/s1. The number of rotatable bonds is 2. The van der Waals surface area contributed by atoms with Crippen molar-refractivity contribution < 1.29 is 4.79 Å². The fourth-order valence-electron chi connectivity index (χ4n) is 4.74. The van der Waals surface area contributed by atoms with Gasteiger partial charge in [0.15, 0.2) is 5.82 Å². The van der Waals surface area contributed by atoms with Gasteiger partial charge in [0.2, 0.25) is 0 Å². The molecular weight excluding hydrogens is 356 g/mol. The second-order valence-electron chi connectivity index (χ2n) is 8.10. The van der Waals surface area contributed by atoms with Crippen LogP contribution in [0.4, 0.5) is 0 Å². The van der Waals surface area contributed by atoms with Gasteiger partial charge in [0, 0.05) is 53.8 Å². The van der Waals surface area contributed by atoms with E-state index in [2.05, 4.69) is 22.3 Å². The highest BCUT2D eigenvalue weighted by molar-refractivity contribution is 7.10. The van der Waals surface area contributed by atoms with Crippen molar-refractivity contribution in [3.8, 4) is 0 Å². The Kier molecular flexibility index (Phi) is 4.48. The van der Waals surface area contributed by atoms with Gasteiger partial charge in [-0.2, -0.15) is 0 Å². The molecule has 0 bridgehead atoms. The van der Waals surface area contributed by atoms with E-state index in [1.54, 1.807) is 11.3 Å². The number of carbonyl (C=O) groups excluding carboxylic acids is 1. The van der Waals surface area contributed by atoms with Crippen LogP contribution in [-0.2, 0) is 25.8 Å². The molecule has 142 valence electrons. The van der Waals surface area contributed by atoms with E-state index in [4.69, 9.17) is 4.98 Å². The maximum absolute atomic E-state index is 13.4. The number of hydrogen-bond acceptors (Lipinski definition) is 5. The first-order valence-electron chi connectivity index (χ1n) is 10.1. The van der Waals surface area contributed by atoms with Crippen molar-refractivity contribution in [2.45, 2.75) is 57.5 Å². The molecular formula is C21H26N4OS. The number of hydrogen-bond donors (Lipinski definition) is 0. The lowest BCUT2D eigenvalue weighted by Gasteiger charge is -2.27. The summed E-state index contributed by atoms with van der Waals surface area (Å²) in [5.74, 6) is 1.03. The number of fused-ring (bicyclic) bond motifs is 2. The molecule has 1 fully saturated rings. The largest absolute Gasteiger partial charge is 0.328 e. The smallest absolute Gasteiger partial charge is 0.255 e. The van der Waals surface area contributed by atoms with E-state index in [1.807, 2.05) is 11.1 Å². The van der Waals surface area contributed by atoms with Crippen LogP contribution in [-0.4, -0.2) is 45.8 Å². The average Bonchev–Trinajstić information content (AvgIpc) is 3.34. The number of aromatic nitrogens is 2. The number of aryl methyl sites for hydroxylation is 1. The normalized spacial score (nSPS) is 22.6. The molecule has 4 heterocycles. The lowest BCUT2D eigenvalue weighted by Crippen LogP contribution is -2.33. The van der Waals surface area contributed by atoms with Gasteiger partial charge < -0.3 is 9.80 Å². The van der Waals surface area contributed by atoms with Gasteiger partial charge in [0.25, 0.3) is 5.91 Å². The second kappa shape index (κ2) is 6.99. The molecule has 27 heavy (non-hydrogen) atoms. The van der Waals surface area contributed by atoms with Gasteiger partial charge in [-0.05, 0) is 51.1 Å². The van der Waals surface area contributed by atoms with Crippen molar-refractivity contribution in [1.82, 2.24) is 19.8 Å². The number of likely N-dealkylation sites (tertiary alicyclic amines) is 1. The van der Waals surface area contributed by atoms with E-state index >= 15 is 0 Å². The molecule has 0 unspecified atom stereocenters. The van der Waals surface area contributed by atoms with Gasteiger partial charge in [0.1, 0.15) is 0 Å². The highest BCUT2D eigenvalue weighted by atomic mass is 32.1. The van der Waals surface area contributed by atoms with Crippen LogP contribution in [0, 0.1) is 0 Å². The van der Waals surface area contributed by atoms with Crippen molar-refractivity contribution in [3.63, 3.8) is 0 Å². The minimum Gasteiger partial charge on any atom is -0.328 e. The summed E-state index contributed by atoms with van der Waals surface area (Å²) in [7, 11) is 2.13. The van der Waals surface area contributed by atoms with E-state index < -0.39 is 0 Å². The molecule has 0 spiro atoms. The van der Waals surface area contributed by atoms with Crippen molar-refractivity contribution in [1.29, 1.82) is 0 Å². The zero-order valence-corrected chi connectivity index (χ0v) is 16.7. The van der Waals surface area contributed by atoms with E-state index in [0.717, 1.165) is 63.1 Å². The molecule has 1 amide bonds. The molecule has 0 radical (unpaired) electrons. The molecule has 5 nitrogen and oxygen atoms in total. The van der Waals surface area contributed by atoms with E-state index in [9.17, 15) is 4.79 Å². The first-order chi connectivity index (χ1) is 13.2. The van der Waals surface area contributed by atoms with Gasteiger partial charge in [-0.3, -0.25) is 4.79 Å². The minimum absolute atomic E-state index is 0.0293. The third-order valence-corrected chi connectivity index (χ3v) is 7.34. The maximum atomic E-state index is 13.4. The molecule has 0 aromatic carbocycles. The molecule has 6 heteroatoms. The molecule has 5 rings (SSSR count). The number of nitrogens with zero attached hydrogens (tertiary/aromatic N) is 4. The number of carbonyl (C=O) groups is 1. The Bertz CT molecular complexity index is 877. The van der Waals surface area contributed by atoms with Gasteiger partial charge in [-0.1, -0.05) is 0 Å². The van der Waals surface area contributed by atoms with Crippen LogP contribution in [0.15, 0.2) is 11.6 Å². The number of amides is 1. The van der Waals surface area contributed by atoms with Gasteiger partial charge in [-0.15, -0.1) is 11.3 Å². The highest BCUT2D eigenvalue weighted by Gasteiger charge is 2.35. The maximum Gasteiger partial charge on any atom is 0.255 e. The Labute approximate surface area is 164 Å². The second-order valence-corrected chi connectivity index (χ2v) is 9.07. The zero-order valence-electron chi connectivity index (χ0n) is 15.9. The Hall–Kier alpha value is -1.79. The topological polar surface area (TPSA) is 49.3 Å². The summed E-state index contributed by atoms with van der Waals surface area (Å²) in [6.07, 6.45) is 9.62. The Morgan fingerprint density at radius 2 is 2.07 bits per heavy atom. The predicted molar refractivity (Wildman–Crippen MR) is 106 cm³/mol. The molecule has 0 saturated carbocycles. The number of thiophene rings is 1. The molecule has 3 aliphatic rings. The Morgan fingerprint density at radius 3 is 3.00 bits per heavy atom. The molecule has 1 aliphatic carbocycles. The molecule has 1 saturated heterocycles. The summed E-state index contributed by atoms with van der Waals surface area (Å²) in [6, 6.07) is 0.0293. The quantitative estimate of drug-likeness (QED) is 0.799. The SMILES string of the molecule is CN1CCc2nc([C@H]3CCCN3C(=O)c3csc4c3CCCC4)ncc2C1. The van der Waals surface area contributed by atoms with Crippen molar-refractivity contribution >= 4 is 17.2 Å². The molecule has 2 aromatic rings. The van der Waals surface area contributed by atoms with Crippen molar-refractivity contribution in [2.75, 3.05) is 20.1 Å². The molecule has 2 aromatic heterocycles.